The number of hydrogen-bond acceptors (Lipinski definition) is 12. The van der Waals surface area contributed by atoms with E-state index in [1.54, 1.807) is 24.3 Å². The molecule has 0 aliphatic rings. The predicted molar refractivity (Wildman–Crippen MR) is 119 cm³/mol. The SMILES string of the molecule is Cc1ccc(C(=O)OOOC(=O)OCCC(C)CCOC(=O)OOOC(=O)c2ccc(C)cc2)cc1. The van der Waals surface area contributed by atoms with Crippen LogP contribution in [0.4, 0.5) is 9.59 Å². The molecule has 0 saturated carbocycles. The lowest BCUT2D eigenvalue weighted by molar-refractivity contribution is -0.452. The van der Waals surface area contributed by atoms with Crippen LogP contribution in [0.3, 0.4) is 0 Å². The van der Waals surface area contributed by atoms with Crippen molar-refractivity contribution >= 4 is 24.2 Å². The molecule has 2 aromatic rings. The number of aryl methyl sites for hydroxylation is 2. The summed E-state index contributed by atoms with van der Waals surface area (Å²) in [6, 6.07) is 12.9. The number of hydrogen-bond donors (Lipinski definition) is 0. The molecule has 2 rings (SSSR count). The number of benzene rings is 2. The van der Waals surface area contributed by atoms with Gasteiger partial charge in [-0.25, -0.2) is 29.0 Å². The predicted octanol–water partition coefficient (Wildman–Crippen LogP) is 4.73. The first-order chi connectivity index (χ1) is 17.2. The minimum Gasteiger partial charge on any atom is -0.432 e. The van der Waals surface area contributed by atoms with E-state index < -0.39 is 24.2 Å². The van der Waals surface area contributed by atoms with Gasteiger partial charge in [-0.05, 0) is 56.9 Å². The van der Waals surface area contributed by atoms with Crippen molar-refractivity contribution in [3.63, 3.8) is 0 Å². The monoisotopic (exact) mass is 506 g/mol. The van der Waals surface area contributed by atoms with Crippen LogP contribution < -0.4 is 0 Å². The molecule has 194 valence electrons. The lowest BCUT2D eigenvalue weighted by Gasteiger charge is -2.11. The van der Waals surface area contributed by atoms with Crippen molar-refractivity contribution in [3.05, 3.63) is 70.8 Å². The fourth-order valence-corrected chi connectivity index (χ4v) is 2.51. The second kappa shape index (κ2) is 15.0. The summed E-state index contributed by atoms with van der Waals surface area (Å²) in [6.45, 7) is 5.48. The molecule has 12 nitrogen and oxygen atoms in total. The maximum Gasteiger partial charge on any atom is 0.543 e. The number of ether oxygens (including phenoxy) is 2. The van der Waals surface area contributed by atoms with Crippen LogP contribution in [0.15, 0.2) is 48.5 Å². The lowest BCUT2D eigenvalue weighted by Crippen LogP contribution is -2.15. The largest absolute Gasteiger partial charge is 0.543 e. The molecular weight excluding hydrogens is 480 g/mol. The molecule has 0 fully saturated rings. The molecule has 0 radical (unpaired) electrons. The summed E-state index contributed by atoms with van der Waals surface area (Å²) < 4.78 is 9.57. The van der Waals surface area contributed by atoms with Crippen molar-refractivity contribution in [2.45, 2.75) is 33.6 Å². The summed E-state index contributed by atoms with van der Waals surface area (Å²) >= 11 is 0. The molecule has 12 heteroatoms. The van der Waals surface area contributed by atoms with E-state index in [2.05, 4.69) is 29.6 Å². The fourth-order valence-electron chi connectivity index (χ4n) is 2.51. The zero-order valence-electron chi connectivity index (χ0n) is 19.9. The summed E-state index contributed by atoms with van der Waals surface area (Å²) in [6.07, 6.45) is -1.59. The third-order valence-electron chi connectivity index (χ3n) is 4.66. The zero-order valence-corrected chi connectivity index (χ0v) is 19.9. The van der Waals surface area contributed by atoms with Gasteiger partial charge in [-0.15, -0.1) is 0 Å². The van der Waals surface area contributed by atoms with Crippen molar-refractivity contribution < 1.29 is 58.3 Å². The highest BCUT2D eigenvalue weighted by atomic mass is 17.5. The molecular formula is C24H26O12. The van der Waals surface area contributed by atoms with Gasteiger partial charge in [0.05, 0.1) is 34.4 Å². The Labute approximate surface area is 206 Å². The van der Waals surface area contributed by atoms with Gasteiger partial charge in [0.25, 0.3) is 0 Å². The molecule has 0 atom stereocenters. The molecule has 0 aliphatic heterocycles. The maximum absolute atomic E-state index is 11.7. The molecule has 36 heavy (non-hydrogen) atoms. The van der Waals surface area contributed by atoms with Crippen molar-refractivity contribution in [2.75, 3.05) is 13.2 Å². The Morgan fingerprint density at radius 2 is 0.972 bits per heavy atom. The van der Waals surface area contributed by atoms with E-state index in [1.807, 2.05) is 20.8 Å². The molecule has 0 aromatic heterocycles. The second-order valence-corrected chi connectivity index (χ2v) is 7.66. The summed E-state index contributed by atoms with van der Waals surface area (Å²) in [5.41, 5.74) is 2.34. The fraction of sp³-hybridized carbons (Fsp3) is 0.333. The van der Waals surface area contributed by atoms with Crippen LogP contribution in [-0.2, 0) is 39.1 Å². The van der Waals surface area contributed by atoms with Crippen molar-refractivity contribution in [2.24, 2.45) is 5.92 Å². The van der Waals surface area contributed by atoms with E-state index in [-0.39, 0.29) is 30.3 Å². The van der Waals surface area contributed by atoms with Gasteiger partial charge >= 0.3 is 24.2 Å². The number of rotatable bonds is 12. The Kier molecular flexibility index (Phi) is 11.7. The van der Waals surface area contributed by atoms with Gasteiger partial charge in [0.1, 0.15) is 0 Å². The molecule has 0 heterocycles. The average molecular weight is 506 g/mol. The second-order valence-electron chi connectivity index (χ2n) is 7.66. The third kappa shape index (κ3) is 10.8. The molecule has 0 bridgehead atoms. The molecule has 0 aliphatic carbocycles. The third-order valence-corrected chi connectivity index (χ3v) is 4.66. The highest BCUT2D eigenvalue weighted by molar-refractivity contribution is 5.89. The number of carbonyl (C=O) groups is 4. The Morgan fingerprint density at radius 1 is 0.611 bits per heavy atom. The van der Waals surface area contributed by atoms with Gasteiger partial charge in [-0.2, -0.15) is 0 Å². The molecule has 0 saturated heterocycles. The average Bonchev–Trinajstić information content (AvgIpc) is 2.84. The highest BCUT2D eigenvalue weighted by Gasteiger charge is 2.14. The number of carbonyl (C=O) groups excluding carboxylic acids is 4. The van der Waals surface area contributed by atoms with Crippen LogP contribution in [0.5, 0.6) is 0 Å². The smallest absolute Gasteiger partial charge is 0.432 e. The highest BCUT2D eigenvalue weighted by Crippen LogP contribution is 2.10. The van der Waals surface area contributed by atoms with Crippen molar-refractivity contribution in [3.8, 4) is 0 Å². The Hall–Kier alpha value is -4.16. The van der Waals surface area contributed by atoms with Crippen LogP contribution in [0, 0.1) is 19.8 Å². The molecule has 2 aromatic carbocycles. The maximum atomic E-state index is 11.7. The van der Waals surface area contributed by atoms with E-state index in [1.165, 1.54) is 24.3 Å². The quantitative estimate of drug-likeness (QED) is 0.223. The standard InChI is InChI=1S/C24H26O12/c1-16-4-8-19(9-5-16)21(25)31-35-33-23(27)29-14-12-18(3)13-15-30-24(28)34-36-32-22(26)20-10-6-17(2)7-11-20/h4-11,18H,12-15H2,1-3H3. The van der Waals surface area contributed by atoms with E-state index in [9.17, 15) is 19.2 Å². The van der Waals surface area contributed by atoms with Gasteiger partial charge in [0.2, 0.25) is 0 Å². The molecule has 0 spiro atoms. The molecule has 0 unspecified atom stereocenters. The lowest BCUT2D eigenvalue weighted by atomic mass is 10.1. The van der Waals surface area contributed by atoms with E-state index >= 15 is 0 Å². The normalized spacial score (nSPS) is 10.3. The van der Waals surface area contributed by atoms with Crippen molar-refractivity contribution in [1.82, 2.24) is 0 Å². The van der Waals surface area contributed by atoms with Crippen LogP contribution in [0.2, 0.25) is 0 Å². The minimum atomic E-state index is -1.20. The topological polar surface area (TPSA) is 142 Å². The zero-order chi connectivity index (χ0) is 26.3. The first-order valence-corrected chi connectivity index (χ1v) is 10.8. The Morgan fingerprint density at radius 3 is 1.33 bits per heavy atom. The Balaban J connectivity index is 1.48. The summed E-state index contributed by atoms with van der Waals surface area (Å²) in [7, 11) is 0. The van der Waals surface area contributed by atoms with Crippen LogP contribution in [-0.4, -0.2) is 37.5 Å². The Bertz CT molecular complexity index is 919. The van der Waals surface area contributed by atoms with Crippen LogP contribution in [0.25, 0.3) is 0 Å². The van der Waals surface area contributed by atoms with Crippen LogP contribution in [0.1, 0.15) is 51.6 Å². The van der Waals surface area contributed by atoms with E-state index in [0.29, 0.717) is 12.8 Å². The summed E-state index contributed by atoms with van der Waals surface area (Å²) in [5, 5.41) is 8.26. The van der Waals surface area contributed by atoms with E-state index in [4.69, 9.17) is 9.47 Å². The first-order valence-electron chi connectivity index (χ1n) is 10.8. The van der Waals surface area contributed by atoms with Gasteiger partial charge in [0.15, 0.2) is 0 Å². The summed E-state index contributed by atoms with van der Waals surface area (Å²) in [4.78, 5) is 63.4. The van der Waals surface area contributed by atoms with E-state index in [0.717, 1.165) is 11.1 Å². The minimum absolute atomic E-state index is 0.0221. The van der Waals surface area contributed by atoms with Gasteiger partial charge in [-0.1, -0.05) is 42.3 Å². The van der Waals surface area contributed by atoms with Gasteiger partial charge in [-0.3, -0.25) is 9.78 Å². The molecule has 0 N–H and O–H groups in total. The van der Waals surface area contributed by atoms with Crippen molar-refractivity contribution in [1.29, 1.82) is 0 Å². The van der Waals surface area contributed by atoms with Gasteiger partial charge < -0.3 is 9.47 Å². The van der Waals surface area contributed by atoms with Gasteiger partial charge in [0, 0.05) is 0 Å². The van der Waals surface area contributed by atoms with Crippen LogP contribution >= 0.6 is 0 Å². The molecule has 0 amide bonds. The summed E-state index contributed by atoms with van der Waals surface area (Å²) in [5.74, 6) is -1.71. The first kappa shape index (κ1) is 28.1.